The molecule has 0 aliphatic carbocycles. The summed E-state index contributed by atoms with van der Waals surface area (Å²) >= 11 is 1.41. The molecule has 2 aromatic heterocycles. The van der Waals surface area contributed by atoms with Gasteiger partial charge in [0.15, 0.2) is 11.0 Å². The highest BCUT2D eigenvalue weighted by atomic mass is 32.2. The maximum Gasteiger partial charge on any atom is 0.307 e. The molecule has 154 valence electrons. The predicted molar refractivity (Wildman–Crippen MR) is 110 cm³/mol. The number of nitrogens with zero attached hydrogens (tertiary/aromatic N) is 6. The van der Waals surface area contributed by atoms with Crippen LogP contribution in [-0.2, 0) is 24.4 Å². The monoisotopic (exact) mass is 416 g/mol. The standard InChI is InChI=1S/C19H24N6O3S/c1-5-24-17(12-28-16-8-6-14(7-9-16)19(2,3)4)21-22-18(24)29-13-23-11-15(10-20-23)25(26)27/h6-11H,5,12-13H2,1-4H3. The van der Waals surface area contributed by atoms with Gasteiger partial charge in [0.1, 0.15) is 24.8 Å². The molecule has 3 rings (SSSR count). The number of hydrogen-bond acceptors (Lipinski definition) is 7. The molecular weight excluding hydrogens is 392 g/mol. The van der Waals surface area contributed by atoms with Gasteiger partial charge in [0.05, 0.1) is 10.8 Å². The van der Waals surface area contributed by atoms with E-state index in [-0.39, 0.29) is 11.1 Å². The molecule has 0 aliphatic rings. The van der Waals surface area contributed by atoms with Crippen molar-refractivity contribution in [3.8, 4) is 5.75 Å². The van der Waals surface area contributed by atoms with Gasteiger partial charge in [-0.05, 0) is 30.0 Å². The summed E-state index contributed by atoms with van der Waals surface area (Å²) in [7, 11) is 0. The first-order valence-corrected chi connectivity index (χ1v) is 10.2. The van der Waals surface area contributed by atoms with Crippen molar-refractivity contribution in [1.82, 2.24) is 24.5 Å². The summed E-state index contributed by atoms with van der Waals surface area (Å²) in [5.41, 5.74) is 1.32. The van der Waals surface area contributed by atoms with Gasteiger partial charge in [-0.15, -0.1) is 10.2 Å². The van der Waals surface area contributed by atoms with Crippen molar-refractivity contribution in [3.63, 3.8) is 0 Å². The summed E-state index contributed by atoms with van der Waals surface area (Å²) < 4.78 is 9.35. The van der Waals surface area contributed by atoms with E-state index in [2.05, 4.69) is 48.2 Å². The largest absolute Gasteiger partial charge is 0.486 e. The molecule has 10 heteroatoms. The highest BCUT2D eigenvalue weighted by Gasteiger charge is 2.15. The zero-order valence-corrected chi connectivity index (χ0v) is 17.7. The first kappa shape index (κ1) is 20.8. The van der Waals surface area contributed by atoms with Gasteiger partial charge >= 0.3 is 5.69 Å². The van der Waals surface area contributed by atoms with Crippen LogP contribution in [0.2, 0.25) is 0 Å². The van der Waals surface area contributed by atoms with Crippen molar-refractivity contribution < 1.29 is 9.66 Å². The minimum absolute atomic E-state index is 0.0332. The fourth-order valence-electron chi connectivity index (χ4n) is 2.69. The third kappa shape index (κ3) is 5.14. The van der Waals surface area contributed by atoms with Crippen LogP contribution in [0.3, 0.4) is 0 Å². The van der Waals surface area contributed by atoms with Gasteiger partial charge < -0.3 is 9.30 Å². The highest BCUT2D eigenvalue weighted by molar-refractivity contribution is 7.98. The molecule has 0 atom stereocenters. The Morgan fingerprint density at radius 3 is 2.52 bits per heavy atom. The van der Waals surface area contributed by atoms with Gasteiger partial charge in [0.25, 0.3) is 0 Å². The van der Waals surface area contributed by atoms with E-state index >= 15 is 0 Å². The first-order valence-electron chi connectivity index (χ1n) is 9.23. The fourth-order valence-corrected chi connectivity index (χ4v) is 3.57. The molecule has 2 heterocycles. The fraction of sp³-hybridized carbons (Fsp3) is 0.421. The molecule has 0 spiro atoms. The molecule has 0 bridgehead atoms. The second-order valence-corrected chi connectivity index (χ2v) is 8.39. The number of ether oxygens (including phenoxy) is 1. The van der Waals surface area contributed by atoms with Gasteiger partial charge in [-0.3, -0.25) is 14.8 Å². The second kappa shape index (κ2) is 8.64. The predicted octanol–water partition coefficient (Wildman–Crippen LogP) is 4.03. The van der Waals surface area contributed by atoms with Crippen LogP contribution in [0.4, 0.5) is 5.69 Å². The lowest BCUT2D eigenvalue weighted by atomic mass is 9.87. The Hall–Kier alpha value is -2.88. The molecule has 0 N–H and O–H groups in total. The van der Waals surface area contributed by atoms with Crippen LogP contribution in [0.25, 0.3) is 0 Å². The number of thioether (sulfide) groups is 1. The summed E-state index contributed by atoms with van der Waals surface area (Å²) in [6.45, 7) is 9.53. The van der Waals surface area contributed by atoms with E-state index in [0.717, 1.165) is 11.6 Å². The minimum atomic E-state index is -0.466. The van der Waals surface area contributed by atoms with E-state index in [1.807, 2.05) is 23.6 Å². The molecular formula is C19H24N6O3S. The van der Waals surface area contributed by atoms with E-state index in [1.54, 1.807) is 0 Å². The third-order valence-electron chi connectivity index (χ3n) is 4.35. The minimum Gasteiger partial charge on any atom is -0.486 e. The van der Waals surface area contributed by atoms with E-state index in [0.29, 0.717) is 24.2 Å². The number of benzene rings is 1. The SMILES string of the molecule is CCn1c(COc2ccc(C(C)(C)C)cc2)nnc1SCn1cc([N+](=O)[O-])cn1. The Balaban J connectivity index is 1.62. The van der Waals surface area contributed by atoms with Crippen LogP contribution >= 0.6 is 11.8 Å². The van der Waals surface area contributed by atoms with Crippen LogP contribution in [0.1, 0.15) is 39.1 Å². The van der Waals surface area contributed by atoms with Crippen LogP contribution in [0.15, 0.2) is 41.8 Å². The maximum atomic E-state index is 10.8. The van der Waals surface area contributed by atoms with Crippen LogP contribution in [-0.4, -0.2) is 29.5 Å². The normalized spacial score (nSPS) is 11.6. The smallest absolute Gasteiger partial charge is 0.307 e. The molecule has 29 heavy (non-hydrogen) atoms. The van der Waals surface area contributed by atoms with Gasteiger partial charge in [-0.25, -0.2) is 0 Å². The van der Waals surface area contributed by atoms with Gasteiger partial charge in [-0.2, -0.15) is 5.10 Å². The molecule has 0 saturated carbocycles. The zero-order chi connectivity index (χ0) is 21.0. The van der Waals surface area contributed by atoms with Crippen LogP contribution < -0.4 is 4.74 Å². The van der Waals surface area contributed by atoms with Crippen molar-refractivity contribution in [3.05, 3.63) is 58.2 Å². The molecule has 0 aliphatic heterocycles. The zero-order valence-electron chi connectivity index (χ0n) is 16.9. The summed E-state index contributed by atoms with van der Waals surface area (Å²) in [4.78, 5) is 10.3. The Labute approximate surface area is 173 Å². The molecule has 0 unspecified atom stereocenters. The van der Waals surface area contributed by atoms with E-state index in [1.165, 1.54) is 34.4 Å². The number of hydrogen-bond donors (Lipinski definition) is 0. The van der Waals surface area contributed by atoms with E-state index < -0.39 is 4.92 Å². The lowest BCUT2D eigenvalue weighted by Crippen LogP contribution is -2.11. The molecule has 3 aromatic rings. The van der Waals surface area contributed by atoms with Crippen molar-refractivity contribution in [2.45, 2.75) is 57.3 Å². The Kier molecular flexibility index (Phi) is 6.21. The number of aromatic nitrogens is 5. The quantitative estimate of drug-likeness (QED) is 0.310. The Morgan fingerprint density at radius 1 is 1.21 bits per heavy atom. The lowest BCUT2D eigenvalue weighted by Gasteiger charge is -2.19. The molecule has 0 fully saturated rings. The van der Waals surface area contributed by atoms with Gasteiger partial charge in [0.2, 0.25) is 0 Å². The number of rotatable bonds is 8. The average molecular weight is 417 g/mol. The van der Waals surface area contributed by atoms with Crippen molar-refractivity contribution in [2.24, 2.45) is 0 Å². The second-order valence-electron chi connectivity index (χ2n) is 7.47. The summed E-state index contributed by atoms with van der Waals surface area (Å²) in [6.07, 6.45) is 2.63. The number of nitro groups is 1. The van der Waals surface area contributed by atoms with Crippen molar-refractivity contribution in [1.29, 1.82) is 0 Å². The average Bonchev–Trinajstić information content (AvgIpc) is 3.31. The van der Waals surface area contributed by atoms with Gasteiger partial charge in [-0.1, -0.05) is 44.7 Å². The maximum absolute atomic E-state index is 10.8. The first-order chi connectivity index (χ1) is 13.8. The van der Waals surface area contributed by atoms with E-state index in [9.17, 15) is 10.1 Å². The Morgan fingerprint density at radius 2 is 1.93 bits per heavy atom. The van der Waals surface area contributed by atoms with Gasteiger partial charge in [0, 0.05) is 6.54 Å². The molecule has 0 saturated heterocycles. The molecule has 1 aromatic carbocycles. The lowest BCUT2D eigenvalue weighted by molar-refractivity contribution is -0.385. The molecule has 9 nitrogen and oxygen atoms in total. The summed E-state index contributed by atoms with van der Waals surface area (Å²) in [5, 5.41) is 23.9. The van der Waals surface area contributed by atoms with E-state index in [4.69, 9.17) is 4.74 Å². The van der Waals surface area contributed by atoms with Crippen LogP contribution in [0.5, 0.6) is 5.75 Å². The molecule has 0 radical (unpaired) electrons. The van der Waals surface area contributed by atoms with Crippen LogP contribution in [0, 0.1) is 10.1 Å². The highest BCUT2D eigenvalue weighted by Crippen LogP contribution is 2.25. The summed E-state index contributed by atoms with van der Waals surface area (Å²) in [5.74, 6) is 1.91. The molecule has 0 amide bonds. The third-order valence-corrected chi connectivity index (χ3v) is 5.31. The Bertz CT molecular complexity index is 975. The topological polar surface area (TPSA) is 101 Å². The van der Waals surface area contributed by atoms with Crippen molar-refractivity contribution >= 4 is 17.4 Å². The summed E-state index contributed by atoms with van der Waals surface area (Å²) in [6, 6.07) is 8.08. The van der Waals surface area contributed by atoms with Crippen molar-refractivity contribution in [2.75, 3.05) is 0 Å².